The van der Waals surface area contributed by atoms with Crippen LogP contribution in [0.1, 0.15) is 161 Å². The summed E-state index contributed by atoms with van der Waals surface area (Å²) < 4.78 is 91.2. The Kier molecular flexibility index (Phi) is 87.0. The van der Waals surface area contributed by atoms with E-state index in [4.69, 9.17) is 80.5 Å². The summed E-state index contributed by atoms with van der Waals surface area (Å²) in [6.45, 7) is 18.6. The van der Waals surface area contributed by atoms with Crippen LogP contribution in [0.5, 0.6) is 0 Å². The van der Waals surface area contributed by atoms with Crippen LogP contribution in [0.4, 0.5) is 0 Å². The molecule has 0 amide bonds. The van der Waals surface area contributed by atoms with E-state index in [0.717, 1.165) is 0 Å². The average Bonchev–Trinajstić information content (AvgIpc) is 0.912. The molecule has 0 aliphatic heterocycles. The zero-order chi connectivity index (χ0) is 109. The number of aliphatic hydroxyl groups is 3. The Morgan fingerprint density at radius 2 is 0.379 bits per heavy atom. The largest absolute Gasteiger partial charge is 0.465 e. The third-order valence-electron chi connectivity index (χ3n) is 19.7. The number of carbonyl (C=O) groups is 16. The molecular weight excluding hydrogens is 2150 g/mol. The van der Waals surface area contributed by atoms with Crippen LogP contribution in [-0.4, -0.2) is 339 Å². The Labute approximate surface area is 913 Å². The minimum Gasteiger partial charge on any atom is -0.465 e. The van der Waals surface area contributed by atoms with Gasteiger partial charge in [0.1, 0.15) is 111 Å². The summed E-state index contributed by atoms with van der Waals surface area (Å²) in [6.07, 6.45) is 2.14. The predicted molar refractivity (Wildman–Crippen MR) is 580 cm³/mol. The SMILES string of the molecule is CC(CS)C(=O)OCC(COCC(COC(=O)C(C)CS)(COC(=O)C(C)CS)COC(=O)C(C)CS)(COC(=O)CCS)COC(=O)C(C)CS.CC(S)CC(=O)OCC(COC(=O)CC(C)S)(COC(=O)CC(C)S)COC(=O)CC(C)S.CCC(CO)(COC(=O)C(C)S)COC(=O)C(C)S.CCC(CO)(COC(=O)CCS)COC(=O)CCS.CCC(CO)(COC(=O)CS)COC(=O)CS. The van der Waals surface area contributed by atoms with E-state index in [1.807, 2.05) is 20.8 Å². The monoisotopic (exact) mass is 2300 g/mol. The van der Waals surface area contributed by atoms with Crippen LogP contribution >= 0.6 is 202 Å². The topological polar surface area (TPSA) is 491 Å². The highest BCUT2D eigenvalue weighted by molar-refractivity contribution is 7.83. The van der Waals surface area contributed by atoms with Gasteiger partial charge in [0, 0.05) is 67.0 Å². The van der Waals surface area contributed by atoms with Gasteiger partial charge in [-0.1, -0.05) is 83.1 Å². The highest BCUT2D eigenvalue weighted by Crippen LogP contribution is 2.32. The molecule has 11 unspecified atom stereocenters. The second-order valence-electron chi connectivity index (χ2n) is 33.9. The summed E-state index contributed by atoms with van der Waals surface area (Å²) in [7, 11) is 0. The van der Waals surface area contributed by atoms with Crippen molar-refractivity contribution < 1.29 is 173 Å². The Morgan fingerprint density at radius 3 is 0.536 bits per heavy atom. The standard InChI is InChI=1S/C33H56O13S6.C21H36O8S4.2C12H22O5S2.C10H18O5S2/c1-21(8-48)27(35)42-16-32(15-41-26(34)6-7-47,17-43-28(36)22(2)9-49)13-40-14-33(18-44-29(37)23(3)10-50,19-45-30(38)24(4)11-51)20-46-31(39)25(5)12-52;1-13(30)5-17(22)26-9-21(10-27-18(23)6-14(2)31,11-28-19(24)7-15(3)32)12-29-20(25)8-16(4)33;1-4-12(5-13,6-16-10(14)8(2)18)7-17-11(15)9(3)19;1-2-12(7-13,8-16-10(14)3-5-18)9-17-11(15)4-6-19;1-2-10(5-11,6-14-8(12)3-16)7-15-9(13)4-17/h21-25,47-52H,6-20H2,1-5H3;13-16,30-33H,5-12H2,1-4H3;8-9,13,18-19H,4-7H2,1-3H3;13,18-19H,2-9H2,1H3;11,16-17H,2-7H2,1H3. The Hall–Kier alpha value is -3.04. The lowest BCUT2D eigenvalue weighted by Gasteiger charge is -2.36. The van der Waals surface area contributed by atoms with Crippen molar-refractivity contribution in [2.45, 2.75) is 193 Å². The summed E-state index contributed by atoms with van der Waals surface area (Å²) in [6, 6.07) is 0. The van der Waals surface area contributed by atoms with Gasteiger partial charge in [0.25, 0.3) is 0 Å². The van der Waals surface area contributed by atoms with Gasteiger partial charge in [-0.2, -0.15) is 202 Å². The Balaban J connectivity index is -0.000000588. The van der Waals surface area contributed by atoms with E-state index >= 15 is 0 Å². The van der Waals surface area contributed by atoms with E-state index in [1.165, 1.54) is 0 Å². The fourth-order valence-electron chi connectivity index (χ4n) is 9.36. The van der Waals surface area contributed by atoms with Crippen molar-refractivity contribution in [1.82, 2.24) is 0 Å². The highest BCUT2D eigenvalue weighted by atomic mass is 32.1. The number of carbonyl (C=O) groups excluding carboxylic acids is 16. The van der Waals surface area contributed by atoms with E-state index in [2.05, 4.69) is 202 Å². The number of ether oxygens (including phenoxy) is 17. The summed E-state index contributed by atoms with van der Waals surface area (Å²) in [5.74, 6) is -9.47. The van der Waals surface area contributed by atoms with Gasteiger partial charge in [0.15, 0.2) is 0 Å². The first-order chi connectivity index (χ1) is 65.6. The number of thiol groups is 16. The summed E-state index contributed by atoms with van der Waals surface area (Å²) >= 11 is 64.9. The molecule has 0 heterocycles. The maximum absolute atomic E-state index is 12.8. The van der Waals surface area contributed by atoms with E-state index in [1.54, 1.807) is 76.2 Å². The van der Waals surface area contributed by atoms with E-state index < -0.39 is 196 Å². The van der Waals surface area contributed by atoms with Crippen LogP contribution in [0.3, 0.4) is 0 Å². The van der Waals surface area contributed by atoms with Gasteiger partial charge in [0.05, 0.1) is 157 Å². The van der Waals surface area contributed by atoms with Crippen LogP contribution < -0.4 is 0 Å². The molecule has 0 aliphatic rings. The Bertz CT molecular complexity index is 3290. The third-order valence-corrected chi connectivity index (χ3v) is 24.8. The van der Waals surface area contributed by atoms with E-state index in [0.29, 0.717) is 30.8 Å². The first-order valence-corrected chi connectivity index (χ1v) is 54.1. The smallest absolute Gasteiger partial charge is 0.318 e. The minimum absolute atomic E-state index is 0.000749. The molecule has 0 saturated carbocycles. The van der Waals surface area contributed by atoms with Gasteiger partial charge in [-0.25, -0.2) is 0 Å². The lowest BCUT2D eigenvalue weighted by Crippen LogP contribution is -2.48. The number of aliphatic hydroxyl groups excluding tert-OH is 3. The molecular formula is C88H154O36S16. The van der Waals surface area contributed by atoms with Crippen LogP contribution in [0.25, 0.3) is 0 Å². The van der Waals surface area contributed by atoms with Crippen molar-refractivity contribution in [1.29, 1.82) is 0 Å². The van der Waals surface area contributed by atoms with Crippen molar-refractivity contribution in [3.05, 3.63) is 0 Å². The van der Waals surface area contributed by atoms with Crippen molar-refractivity contribution in [3.8, 4) is 0 Å². The molecule has 0 fully saturated rings. The molecule has 0 bridgehead atoms. The molecule has 0 aliphatic carbocycles. The second-order valence-corrected chi connectivity index (χ2v) is 42.8. The Morgan fingerprint density at radius 1 is 0.221 bits per heavy atom. The first kappa shape index (κ1) is 145. The molecule has 0 aromatic rings. The molecule has 11 atom stereocenters. The van der Waals surface area contributed by atoms with Crippen LogP contribution in [0.15, 0.2) is 0 Å². The molecule has 52 heteroatoms. The molecule has 0 rings (SSSR count). The fraction of sp³-hybridized carbons (Fsp3) is 0.818. The molecule has 0 spiro atoms. The molecule has 36 nitrogen and oxygen atoms in total. The van der Waals surface area contributed by atoms with E-state index in [-0.39, 0.29) is 223 Å². The molecule has 0 aromatic carbocycles. The number of esters is 16. The zero-order valence-corrected chi connectivity index (χ0v) is 96.6. The summed E-state index contributed by atoms with van der Waals surface area (Å²) in [5.41, 5.74) is -6.49. The molecule has 0 aromatic heterocycles. The van der Waals surface area contributed by atoms with Gasteiger partial charge in [0.2, 0.25) is 0 Å². The van der Waals surface area contributed by atoms with Gasteiger partial charge in [-0.15, -0.1) is 0 Å². The normalized spacial score (nSPS) is 15.2. The van der Waals surface area contributed by atoms with Crippen molar-refractivity contribution in [2.75, 3.05) is 196 Å². The highest BCUT2D eigenvalue weighted by Gasteiger charge is 2.44. The fourth-order valence-corrected chi connectivity index (χ4v) is 11.6. The van der Waals surface area contributed by atoms with Gasteiger partial charge >= 0.3 is 95.5 Å². The van der Waals surface area contributed by atoms with Gasteiger partial charge in [-0.3, -0.25) is 76.7 Å². The molecule has 0 radical (unpaired) electrons. The second kappa shape index (κ2) is 83.7. The quantitative estimate of drug-likeness (QED) is 0.0153. The molecule has 140 heavy (non-hydrogen) atoms. The summed E-state index contributed by atoms with van der Waals surface area (Å²) in [4.78, 5) is 192. The van der Waals surface area contributed by atoms with Gasteiger partial charge < -0.3 is 95.8 Å². The average molecular weight is 2300 g/mol. The molecule has 818 valence electrons. The zero-order valence-electron chi connectivity index (χ0n) is 82.3. The maximum atomic E-state index is 12.8. The van der Waals surface area contributed by atoms with Crippen molar-refractivity contribution in [3.63, 3.8) is 0 Å². The number of hydrogen-bond acceptors (Lipinski definition) is 52. The lowest BCUT2D eigenvalue weighted by molar-refractivity contribution is -0.180. The van der Waals surface area contributed by atoms with Gasteiger partial charge in [-0.05, 0) is 33.1 Å². The first-order valence-electron chi connectivity index (χ1n) is 44.7. The number of rotatable bonds is 70. The van der Waals surface area contributed by atoms with Crippen molar-refractivity contribution >= 4 is 298 Å². The van der Waals surface area contributed by atoms with Crippen LogP contribution in [0, 0.1) is 62.1 Å². The molecule has 0 saturated heterocycles. The van der Waals surface area contributed by atoms with Crippen LogP contribution in [0.2, 0.25) is 0 Å². The molecule has 3 N–H and O–H groups in total. The van der Waals surface area contributed by atoms with Crippen LogP contribution in [-0.2, 0) is 157 Å². The summed E-state index contributed by atoms with van der Waals surface area (Å²) in [5, 5.41) is 26.2. The predicted octanol–water partition coefficient (Wildman–Crippen LogP) is 8.88. The number of hydrogen-bond donors (Lipinski definition) is 19. The van der Waals surface area contributed by atoms with Crippen molar-refractivity contribution in [2.24, 2.45) is 62.1 Å². The third kappa shape index (κ3) is 70.0. The minimum atomic E-state index is -1.47. The van der Waals surface area contributed by atoms with E-state index in [9.17, 15) is 92.0 Å². The maximum Gasteiger partial charge on any atom is 0.318 e. The lowest BCUT2D eigenvalue weighted by atomic mass is 9.88.